The molecule has 4 nitrogen and oxygen atoms in total. The van der Waals surface area contributed by atoms with Crippen molar-refractivity contribution in [1.29, 1.82) is 0 Å². The molecule has 2 fully saturated rings. The molecule has 1 aromatic rings. The molecule has 2 aliphatic rings. The molecular formula is C20H29NO3. The van der Waals surface area contributed by atoms with E-state index in [2.05, 4.69) is 17.4 Å². The van der Waals surface area contributed by atoms with Gasteiger partial charge in [-0.25, -0.2) is 0 Å². The van der Waals surface area contributed by atoms with E-state index in [1.807, 2.05) is 18.2 Å². The lowest BCUT2D eigenvalue weighted by Gasteiger charge is -2.29. The average molecular weight is 331 g/mol. The number of rotatable bonds is 6. The number of aliphatic hydroxyl groups is 1. The fraction of sp³-hybridized carbons (Fsp3) is 0.650. The molecule has 1 atom stereocenters. The molecule has 132 valence electrons. The first kappa shape index (κ1) is 17.4. The number of carbonyl (C=O) groups excluding carboxylic acids is 1. The van der Waals surface area contributed by atoms with Gasteiger partial charge in [-0.2, -0.15) is 0 Å². The number of hydrogen-bond donors (Lipinski definition) is 2. The second kappa shape index (κ2) is 8.13. The Bertz CT molecular complexity index is 519. The molecule has 1 unspecified atom stereocenters. The van der Waals surface area contributed by atoms with Gasteiger partial charge in [0.1, 0.15) is 0 Å². The zero-order chi connectivity index (χ0) is 16.8. The van der Waals surface area contributed by atoms with Crippen LogP contribution in [0.5, 0.6) is 0 Å². The maximum atomic E-state index is 12.5. The fourth-order valence-corrected chi connectivity index (χ4v) is 4.03. The molecule has 1 saturated carbocycles. The SMILES string of the molecule is O=C(CC1(O)CCCC1)NC(CC1CCOCC1)c1ccccc1. The van der Waals surface area contributed by atoms with Crippen LogP contribution in [0.25, 0.3) is 0 Å². The van der Waals surface area contributed by atoms with Crippen LogP contribution in [-0.4, -0.2) is 29.8 Å². The highest BCUT2D eigenvalue weighted by Gasteiger charge is 2.34. The van der Waals surface area contributed by atoms with Gasteiger partial charge in [0, 0.05) is 13.2 Å². The van der Waals surface area contributed by atoms with Crippen LogP contribution in [0.4, 0.5) is 0 Å². The first-order valence-electron chi connectivity index (χ1n) is 9.29. The maximum absolute atomic E-state index is 12.5. The van der Waals surface area contributed by atoms with E-state index in [0.717, 1.165) is 63.7 Å². The molecule has 1 amide bonds. The zero-order valence-electron chi connectivity index (χ0n) is 14.4. The summed E-state index contributed by atoms with van der Waals surface area (Å²) in [5, 5.41) is 13.7. The minimum absolute atomic E-state index is 0.0202. The topological polar surface area (TPSA) is 58.6 Å². The van der Waals surface area contributed by atoms with Gasteiger partial charge in [0.2, 0.25) is 5.91 Å². The highest BCUT2D eigenvalue weighted by Crippen LogP contribution is 2.33. The lowest BCUT2D eigenvalue weighted by Crippen LogP contribution is -2.37. The molecule has 2 N–H and O–H groups in total. The van der Waals surface area contributed by atoms with Gasteiger partial charge >= 0.3 is 0 Å². The van der Waals surface area contributed by atoms with Gasteiger partial charge in [-0.3, -0.25) is 4.79 Å². The van der Waals surface area contributed by atoms with Gasteiger partial charge in [0.25, 0.3) is 0 Å². The summed E-state index contributed by atoms with van der Waals surface area (Å²) in [6.45, 7) is 1.64. The van der Waals surface area contributed by atoms with Gasteiger partial charge in [-0.05, 0) is 43.6 Å². The molecule has 1 aliphatic carbocycles. The van der Waals surface area contributed by atoms with E-state index >= 15 is 0 Å². The van der Waals surface area contributed by atoms with Crippen molar-refractivity contribution < 1.29 is 14.6 Å². The molecule has 1 heterocycles. The van der Waals surface area contributed by atoms with E-state index in [4.69, 9.17) is 4.74 Å². The molecule has 0 aromatic heterocycles. The van der Waals surface area contributed by atoms with E-state index in [-0.39, 0.29) is 18.4 Å². The average Bonchev–Trinajstić information content (AvgIpc) is 3.02. The highest BCUT2D eigenvalue weighted by molar-refractivity contribution is 5.77. The third-order valence-electron chi connectivity index (χ3n) is 5.47. The van der Waals surface area contributed by atoms with Crippen molar-refractivity contribution in [2.24, 2.45) is 5.92 Å². The van der Waals surface area contributed by atoms with Crippen molar-refractivity contribution in [2.75, 3.05) is 13.2 Å². The van der Waals surface area contributed by atoms with Crippen LogP contribution in [0.3, 0.4) is 0 Å². The number of ether oxygens (including phenoxy) is 1. The first-order chi connectivity index (χ1) is 11.6. The molecular weight excluding hydrogens is 302 g/mol. The van der Waals surface area contributed by atoms with Crippen LogP contribution in [-0.2, 0) is 9.53 Å². The third kappa shape index (κ3) is 4.81. The molecule has 3 rings (SSSR count). The summed E-state index contributed by atoms with van der Waals surface area (Å²) in [5.41, 5.74) is 0.361. The number of benzene rings is 1. The zero-order valence-corrected chi connectivity index (χ0v) is 14.4. The van der Waals surface area contributed by atoms with Crippen LogP contribution < -0.4 is 5.32 Å². The maximum Gasteiger partial charge on any atom is 0.223 e. The van der Waals surface area contributed by atoms with E-state index < -0.39 is 5.60 Å². The predicted octanol–water partition coefficient (Wildman–Crippen LogP) is 3.36. The summed E-state index contributed by atoms with van der Waals surface area (Å²) in [7, 11) is 0. The monoisotopic (exact) mass is 331 g/mol. The molecule has 1 saturated heterocycles. The number of hydrogen-bond acceptors (Lipinski definition) is 3. The van der Waals surface area contributed by atoms with Gasteiger partial charge in [0.15, 0.2) is 0 Å². The van der Waals surface area contributed by atoms with Crippen LogP contribution in [0.15, 0.2) is 30.3 Å². The summed E-state index contributed by atoms with van der Waals surface area (Å²) >= 11 is 0. The van der Waals surface area contributed by atoms with Crippen molar-refractivity contribution in [3.63, 3.8) is 0 Å². The first-order valence-corrected chi connectivity index (χ1v) is 9.29. The number of carbonyl (C=O) groups is 1. The van der Waals surface area contributed by atoms with Gasteiger partial charge < -0.3 is 15.2 Å². The molecule has 0 spiro atoms. The number of amides is 1. The summed E-state index contributed by atoms with van der Waals surface area (Å²) in [5.74, 6) is 0.555. The number of nitrogens with one attached hydrogen (secondary N) is 1. The van der Waals surface area contributed by atoms with Crippen molar-refractivity contribution in [3.8, 4) is 0 Å². The van der Waals surface area contributed by atoms with Crippen molar-refractivity contribution in [2.45, 2.75) is 63.0 Å². The Hall–Kier alpha value is -1.39. The summed E-state index contributed by atoms with van der Waals surface area (Å²) in [6.07, 6.45) is 6.82. The van der Waals surface area contributed by atoms with E-state index in [0.29, 0.717) is 5.92 Å². The lowest BCUT2D eigenvalue weighted by molar-refractivity contribution is -0.126. The second-order valence-corrected chi connectivity index (χ2v) is 7.43. The van der Waals surface area contributed by atoms with Crippen LogP contribution in [0, 0.1) is 5.92 Å². The van der Waals surface area contributed by atoms with Crippen molar-refractivity contribution >= 4 is 5.91 Å². The molecule has 1 aliphatic heterocycles. The van der Waals surface area contributed by atoms with Gasteiger partial charge in [-0.1, -0.05) is 43.2 Å². The second-order valence-electron chi connectivity index (χ2n) is 7.43. The predicted molar refractivity (Wildman–Crippen MR) is 93.5 cm³/mol. The molecule has 1 aromatic carbocycles. The standard InChI is InChI=1S/C20H29NO3/c22-19(15-20(23)10-4-5-11-20)21-18(17-6-2-1-3-7-17)14-16-8-12-24-13-9-16/h1-3,6-7,16,18,23H,4-5,8-15H2,(H,21,22). The normalized spacial score (nSPS) is 22.2. The van der Waals surface area contributed by atoms with Crippen LogP contribution in [0.2, 0.25) is 0 Å². The van der Waals surface area contributed by atoms with Crippen molar-refractivity contribution in [1.82, 2.24) is 5.32 Å². The quantitative estimate of drug-likeness (QED) is 0.840. The van der Waals surface area contributed by atoms with Crippen LogP contribution in [0.1, 0.15) is 63.0 Å². The Morgan fingerprint density at radius 1 is 1.21 bits per heavy atom. The van der Waals surface area contributed by atoms with Crippen LogP contribution >= 0.6 is 0 Å². The van der Waals surface area contributed by atoms with E-state index in [1.54, 1.807) is 0 Å². The van der Waals surface area contributed by atoms with Crippen molar-refractivity contribution in [3.05, 3.63) is 35.9 Å². The Balaban J connectivity index is 1.63. The minimum Gasteiger partial charge on any atom is -0.389 e. The van der Waals surface area contributed by atoms with E-state index in [9.17, 15) is 9.90 Å². The Morgan fingerprint density at radius 2 is 1.88 bits per heavy atom. The molecule has 0 bridgehead atoms. The largest absolute Gasteiger partial charge is 0.389 e. The minimum atomic E-state index is -0.788. The fourth-order valence-electron chi connectivity index (χ4n) is 4.03. The summed E-state index contributed by atoms with van der Waals surface area (Å²) in [6, 6.07) is 10.2. The Labute approximate surface area is 144 Å². The molecule has 24 heavy (non-hydrogen) atoms. The highest BCUT2D eigenvalue weighted by atomic mass is 16.5. The van der Waals surface area contributed by atoms with E-state index in [1.165, 1.54) is 0 Å². The smallest absolute Gasteiger partial charge is 0.223 e. The summed E-state index contributed by atoms with van der Waals surface area (Å²) < 4.78 is 5.45. The molecule has 4 heteroatoms. The van der Waals surface area contributed by atoms with Gasteiger partial charge in [-0.15, -0.1) is 0 Å². The molecule has 0 radical (unpaired) electrons. The Kier molecular flexibility index (Phi) is 5.90. The summed E-state index contributed by atoms with van der Waals surface area (Å²) in [4.78, 5) is 12.5. The van der Waals surface area contributed by atoms with Gasteiger partial charge in [0.05, 0.1) is 18.1 Å². The third-order valence-corrected chi connectivity index (χ3v) is 5.47. The lowest BCUT2D eigenvalue weighted by atomic mass is 9.89. The Morgan fingerprint density at radius 3 is 2.54 bits per heavy atom.